The molecule has 0 radical (unpaired) electrons. The Morgan fingerprint density at radius 2 is 1.64 bits per heavy atom. The van der Waals surface area contributed by atoms with Crippen LogP contribution in [0.5, 0.6) is 0 Å². The molecular weight excluding hydrogens is 188 g/mol. The van der Waals surface area contributed by atoms with Gasteiger partial charge in [-0.3, -0.25) is 0 Å². The fourth-order valence-corrected chi connectivity index (χ4v) is 4.17. The maximum absolute atomic E-state index is 3.78. The largest absolute Gasteiger partial charge is 0.154 e. The van der Waals surface area contributed by atoms with Crippen LogP contribution in [0.15, 0.2) is 35.7 Å². The summed E-state index contributed by atoms with van der Waals surface area (Å²) in [6, 6.07) is 8.94. The summed E-state index contributed by atoms with van der Waals surface area (Å²) in [5.74, 6) is 2.82. The van der Waals surface area contributed by atoms with Crippen molar-refractivity contribution in [3.8, 4) is 0 Å². The van der Waals surface area contributed by atoms with E-state index in [1.165, 1.54) is 36.3 Å². The van der Waals surface area contributed by atoms with Crippen molar-refractivity contribution in [2.24, 2.45) is 0 Å². The lowest BCUT2D eigenvalue weighted by atomic mass is 10.2. The highest BCUT2D eigenvalue weighted by atomic mass is 32.2. The molecule has 1 fully saturated rings. The van der Waals surface area contributed by atoms with E-state index in [1.807, 2.05) is 6.08 Å². The average molecular weight is 205 g/mol. The quantitative estimate of drug-likeness (QED) is 0.648. The zero-order chi connectivity index (χ0) is 9.80. The Morgan fingerprint density at radius 3 is 2.21 bits per heavy atom. The van der Waals surface area contributed by atoms with Gasteiger partial charge in [-0.2, -0.15) is 0 Å². The monoisotopic (exact) mass is 205 g/mol. The number of hydrogen-bond acceptors (Lipinski definition) is 0. The van der Waals surface area contributed by atoms with Gasteiger partial charge < -0.3 is 0 Å². The zero-order valence-electron chi connectivity index (χ0n) is 8.54. The van der Waals surface area contributed by atoms with Gasteiger partial charge in [-0.05, 0) is 37.0 Å². The zero-order valence-corrected chi connectivity index (χ0v) is 9.35. The van der Waals surface area contributed by atoms with Crippen LogP contribution >= 0.6 is 0 Å². The molecule has 0 atom stereocenters. The summed E-state index contributed by atoms with van der Waals surface area (Å²) >= 11 is 0. The Morgan fingerprint density at radius 1 is 1.00 bits per heavy atom. The first-order chi connectivity index (χ1) is 6.90. The Labute approximate surface area is 89.4 Å². The molecule has 74 valence electrons. The van der Waals surface area contributed by atoms with E-state index in [9.17, 15) is 0 Å². The average Bonchev–Trinajstić information content (AvgIpc) is 2.30. The molecule has 0 saturated carbocycles. The molecule has 14 heavy (non-hydrogen) atoms. The first-order valence-corrected chi connectivity index (χ1v) is 6.86. The fourth-order valence-electron chi connectivity index (χ4n) is 1.86. The highest BCUT2D eigenvalue weighted by Gasteiger charge is 2.23. The van der Waals surface area contributed by atoms with E-state index in [0.717, 1.165) is 0 Å². The van der Waals surface area contributed by atoms with Crippen molar-refractivity contribution in [1.29, 1.82) is 0 Å². The molecule has 0 aliphatic carbocycles. The van der Waals surface area contributed by atoms with E-state index in [2.05, 4.69) is 30.8 Å². The lowest BCUT2D eigenvalue weighted by Crippen LogP contribution is -2.17. The highest BCUT2D eigenvalue weighted by Crippen LogP contribution is 2.22. The molecule has 0 spiro atoms. The standard InChI is InChI=1S/C13H17S/c1-2-12-6-8-13(9-7-12)14-10-4-3-5-11-14/h2,6-9H,1,3-5,10-11H2/q+1. The Balaban J connectivity index is 2.11. The molecular formula is C13H17S+. The van der Waals surface area contributed by atoms with Crippen molar-refractivity contribution in [1.82, 2.24) is 0 Å². The van der Waals surface area contributed by atoms with Crippen molar-refractivity contribution < 1.29 is 0 Å². The van der Waals surface area contributed by atoms with Gasteiger partial charge in [0, 0.05) is 10.9 Å². The van der Waals surface area contributed by atoms with E-state index in [0.29, 0.717) is 10.9 Å². The van der Waals surface area contributed by atoms with Crippen molar-refractivity contribution in [2.75, 3.05) is 11.5 Å². The molecule has 1 heterocycles. The lowest BCUT2D eigenvalue weighted by molar-refractivity contribution is 0.756. The number of benzene rings is 1. The minimum atomic E-state index is 0.547. The van der Waals surface area contributed by atoms with Gasteiger partial charge in [0.25, 0.3) is 0 Å². The van der Waals surface area contributed by atoms with Crippen LogP contribution in [0.3, 0.4) is 0 Å². The van der Waals surface area contributed by atoms with Gasteiger partial charge >= 0.3 is 0 Å². The van der Waals surface area contributed by atoms with Crippen LogP contribution in [0.4, 0.5) is 0 Å². The summed E-state index contributed by atoms with van der Waals surface area (Å²) < 4.78 is 0. The second kappa shape index (κ2) is 4.70. The maximum atomic E-state index is 3.78. The molecule has 1 aliphatic rings. The van der Waals surface area contributed by atoms with Gasteiger partial charge in [0.1, 0.15) is 11.5 Å². The minimum Gasteiger partial charge on any atom is -0.0985 e. The summed E-state index contributed by atoms with van der Waals surface area (Å²) in [6.07, 6.45) is 6.20. The molecule has 0 N–H and O–H groups in total. The first kappa shape index (κ1) is 9.85. The van der Waals surface area contributed by atoms with Gasteiger partial charge in [-0.15, -0.1) is 0 Å². The van der Waals surface area contributed by atoms with Gasteiger partial charge in [0.05, 0.1) is 0 Å². The minimum absolute atomic E-state index is 0.547. The third-order valence-electron chi connectivity index (χ3n) is 2.73. The highest BCUT2D eigenvalue weighted by molar-refractivity contribution is 7.96. The molecule has 0 nitrogen and oxygen atoms in total. The van der Waals surface area contributed by atoms with Gasteiger partial charge in [-0.25, -0.2) is 0 Å². The third-order valence-corrected chi connectivity index (χ3v) is 5.23. The van der Waals surface area contributed by atoms with E-state index >= 15 is 0 Å². The van der Waals surface area contributed by atoms with Crippen LogP contribution in [0.1, 0.15) is 24.8 Å². The molecule has 1 aliphatic heterocycles. The summed E-state index contributed by atoms with van der Waals surface area (Å²) in [6.45, 7) is 3.78. The van der Waals surface area contributed by atoms with Crippen LogP contribution in [-0.2, 0) is 10.9 Å². The molecule has 0 aromatic heterocycles. The van der Waals surface area contributed by atoms with Crippen LogP contribution < -0.4 is 0 Å². The maximum Gasteiger partial charge on any atom is 0.154 e. The van der Waals surface area contributed by atoms with E-state index in [1.54, 1.807) is 4.90 Å². The molecule has 1 saturated heterocycles. The summed E-state index contributed by atoms with van der Waals surface area (Å²) in [5.41, 5.74) is 1.23. The van der Waals surface area contributed by atoms with Crippen molar-refractivity contribution in [3.05, 3.63) is 36.4 Å². The Hall–Kier alpha value is -0.690. The molecule has 1 heteroatoms. The molecule has 0 amide bonds. The fraction of sp³-hybridized carbons (Fsp3) is 0.385. The predicted octanol–water partition coefficient (Wildman–Crippen LogP) is 3.49. The SMILES string of the molecule is C=Cc1ccc([S+]2CCCCC2)cc1. The van der Waals surface area contributed by atoms with Crippen LogP contribution in [-0.4, -0.2) is 11.5 Å². The normalized spacial score (nSPS) is 18.0. The first-order valence-electron chi connectivity index (χ1n) is 5.30. The van der Waals surface area contributed by atoms with Gasteiger partial charge in [-0.1, -0.05) is 24.8 Å². The van der Waals surface area contributed by atoms with E-state index in [4.69, 9.17) is 0 Å². The Kier molecular flexibility index (Phi) is 3.30. The number of hydrogen-bond donors (Lipinski definition) is 0. The lowest BCUT2D eigenvalue weighted by Gasteiger charge is -2.13. The topological polar surface area (TPSA) is 0 Å². The third kappa shape index (κ3) is 2.21. The van der Waals surface area contributed by atoms with Crippen LogP contribution in [0.25, 0.3) is 6.08 Å². The summed E-state index contributed by atoms with van der Waals surface area (Å²) in [4.78, 5) is 1.55. The van der Waals surface area contributed by atoms with Gasteiger partial charge in [0.2, 0.25) is 0 Å². The molecule has 1 aromatic carbocycles. The van der Waals surface area contributed by atoms with E-state index < -0.39 is 0 Å². The number of rotatable bonds is 2. The van der Waals surface area contributed by atoms with Crippen LogP contribution in [0.2, 0.25) is 0 Å². The molecule has 2 rings (SSSR count). The van der Waals surface area contributed by atoms with Gasteiger partial charge in [0.15, 0.2) is 4.90 Å². The predicted molar refractivity (Wildman–Crippen MR) is 65.7 cm³/mol. The molecule has 0 unspecified atom stereocenters. The summed E-state index contributed by atoms with van der Waals surface area (Å²) in [5, 5.41) is 0. The molecule has 0 bridgehead atoms. The second-order valence-corrected chi connectivity index (χ2v) is 6.01. The van der Waals surface area contributed by atoms with Crippen molar-refractivity contribution >= 4 is 17.0 Å². The van der Waals surface area contributed by atoms with Crippen molar-refractivity contribution in [3.63, 3.8) is 0 Å². The van der Waals surface area contributed by atoms with E-state index in [-0.39, 0.29) is 0 Å². The van der Waals surface area contributed by atoms with Crippen LogP contribution in [0, 0.1) is 0 Å². The molecule has 1 aromatic rings. The smallest absolute Gasteiger partial charge is 0.0985 e. The second-order valence-electron chi connectivity index (χ2n) is 3.73. The Bertz CT molecular complexity index is 294. The summed E-state index contributed by atoms with van der Waals surface area (Å²) in [7, 11) is 0.547. The van der Waals surface area contributed by atoms with Crippen molar-refractivity contribution in [2.45, 2.75) is 24.2 Å².